The van der Waals surface area contributed by atoms with Crippen molar-refractivity contribution in [2.75, 3.05) is 11.6 Å². The average Bonchev–Trinajstić information content (AvgIpc) is 2.79. The Morgan fingerprint density at radius 3 is 2.56 bits per heavy atom. The Morgan fingerprint density at radius 2 is 2.12 bits per heavy atom. The van der Waals surface area contributed by atoms with Crippen LogP contribution < -0.4 is 0 Å². The summed E-state index contributed by atoms with van der Waals surface area (Å²) in [6.45, 7) is 7.33. The van der Waals surface area contributed by atoms with E-state index in [4.69, 9.17) is 16.3 Å². The second-order valence-corrected chi connectivity index (χ2v) is 8.04. The van der Waals surface area contributed by atoms with E-state index < -0.39 is 0 Å². The van der Waals surface area contributed by atoms with Gasteiger partial charge in [0, 0.05) is 17.0 Å². The van der Waals surface area contributed by atoms with E-state index in [0.717, 1.165) is 11.7 Å². The average molecular weight is 261 g/mol. The first-order valence-corrected chi connectivity index (χ1v) is 7.85. The number of thioether (sulfide) groups is 1. The van der Waals surface area contributed by atoms with Crippen molar-refractivity contribution in [2.45, 2.75) is 51.1 Å². The molecular weight excluding hydrogens is 240 g/mol. The Hall–Kier alpha value is 0.600. The second-order valence-electron chi connectivity index (χ2n) is 6.45. The Kier molecular flexibility index (Phi) is 2.43. The van der Waals surface area contributed by atoms with Gasteiger partial charge < -0.3 is 4.74 Å². The summed E-state index contributed by atoms with van der Waals surface area (Å²) in [6, 6.07) is 0. The first-order valence-electron chi connectivity index (χ1n) is 6.33. The van der Waals surface area contributed by atoms with Gasteiger partial charge in [0.15, 0.2) is 0 Å². The highest BCUT2D eigenvalue weighted by molar-refractivity contribution is 8.00. The third-order valence-corrected chi connectivity index (χ3v) is 7.89. The van der Waals surface area contributed by atoms with E-state index in [1.807, 2.05) is 11.8 Å². The van der Waals surface area contributed by atoms with Gasteiger partial charge in [-0.05, 0) is 30.6 Å². The molecular formula is C13H21ClOS. The molecule has 3 rings (SSSR count). The minimum absolute atomic E-state index is 0.0823. The van der Waals surface area contributed by atoms with Crippen molar-refractivity contribution in [1.29, 1.82) is 0 Å². The number of ether oxygens (including phenoxy) is 1. The van der Waals surface area contributed by atoms with Crippen molar-refractivity contribution in [3.8, 4) is 0 Å². The highest BCUT2D eigenvalue weighted by Crippen LogP contribution is 2.74. The fourth-order valence-electron chi connectivity index (χ4n) is 4.22. The zero-order valence-electron chi connectivity index (χ0n) is 10.4. The van der Waals surface area contributed by atoms with Gasteiger partial charge in [0.1, 0.15) is 4.93 Å². The lowest BCUT2D eigenvalue weighted by molar-refractivity contribution is -0.0842. The lowest BCUT2D eigenvalue weighted by atomic mass is 9.69. The van der Waals surface area contributed by atoms with Crippen LogP contribution >= 0.6 is 23.4 Å². The molecule has 1 spiro atoms. The summed E-state index contributed by atoms with van der Waals surface area (Å²) in [5.74, 6) is 2.58. The molecule has 2 aliphatic carbocycles. The Balaban J connectivity index is 1.95. The van der Waals surface area contributed by atoms with E-state index in [0.29, 0.717) is 16.7 Å². The number of hydrogen-bond acceptors (Lipinski definition) is 2. The Labute approximate surface area is 108 Å². The van der Waals surface area contributed by atoms with Gasteiger partial charge in [-0.3, -0.25) is 0 Å². The molecule has 0 aromatic heterocycles. The Bertz CT molecular complexity index is 319. The quantitative estimate of drug-likeness (QED) is 0.662. The Morgan fingerprint density at radius 1 is 1.38 bits per heavy atom. The van der Waals surface area contributed by atoms with Gasteiger partial charge in [-0.1, -0.05) is 20.8 Å². The minimum atomic E-state index is 0.0823. The number of rotatable bonds is 1. The van der Waals surface area contributed by atoms with Crippen molar-refractivity contribution >= 4 is 23.4 Å². The van der Waals surface area contributed by atoms with Crippen LogP contribution in [0, 0.1) is 16.7 Å². The van der Waals surface area contributed by atoms with Gasteiger partial charge in [0.25, 0.3) is 0 Å². The maximum atomic E-state index is 6.36. The monoisotopic (exact) mass is 260 g/mol. The molecule has 16 heavy (non-hydrogen) atoms. The van der Waals surface area contributed by atoms with E-state index in [9.17, 15) is 0 Å². The van der Waals surface area contributed by atoms with Crippen LogP contribution in [0.3, 0.4) is 0 Å². The lowest BCUT2D eigenvalue weighted by Gasteiger charge is -2.45. The first-order chi connectivity index (χ1) is 7.45. The lowest BCUT2D eigenvalue weighted by Crippen LogP contribution is -2.45. The molecule has 92 valence electrons. The molecule has 0 aromatic carbocycles. The molecule has 1 aliphatic heterocycles. The third-order valence-electron chi connectivity index (χ3n) is 5.82. The molecule has 4 unspecified atom stereocenters. The predicted molar refractivity (Wildman–Crippen MR) is 70.0 cm³/mol. The SMILES string of the molecule is CC1(C)C2CCC1(C)C1(C2)OC(CCl)CS1. The minimum Gasteiger partial charge on any atom is -0.358 e. The maximum Gasteiger partial charge on any atom is 0.120 e. The molecule has 4 atom stereocenters. The van der Waals surface area contributed by atoms with Crippen molar-refractivity contribution in [2.24, 2.45) is 16.7 Å². The molecule has 1 saturated heterocycles. The smallest absolute Gasteiger partial charge is 0.120 e. The van der Waals surface area contributed by atoms with E-state index >= 15 is 0 Å². The predicted octanol–water partition coefficient (Wildman–Crippen LogP) is 3.90. The third kappa shape index (κ3) is 1.14. The van der Waals surface area contributed by atoms with Gasteiger partial charge in [0.2, 0.25) is 0 Å². The van der Waals surface area contributed by atoms with E-state index in [1.54, 1.807) is 0 Å². The zero-order chi connectivity index (χ0) is 11.6. The number of hydrogen-bond donors (Lipinski definition) is 0. The fourth-order valence-corrected chi connectivity index (χ4v) is 6.37. The first kappa shape index (κ1) is 11.7. The largest absolute Gasteiger partial charge is 0.358 e. The molecule has 3 aliphatic rings. The highest BCUT2D eigenvalue weighted by atomic mass is 35.5. The molecule has 3 heteroatoms. The van der Waals surface area contributed by atoms with Gasteiger partial charge >= 0.3 is 0 Å². The van der Waals surface area contributed by atoms with Crippen LogP contribution in [0.1, 0.15) is 40.0 Å². The fraction of sp³-hybridized carbons (Fsp3) is 1.00. The molecule has 0 radical (unpaired) electrons. The van der Waals surface area contributed by atoms with Crippen LogP contribution in [0.4, 0.5) is 0 Å². The molecule has 3 fully saturated rings. The molecule has 0 N–H and O–H groups in total. The summed E-state index contributed by atoms with van der Waals surface area (Å²) in [4.78, 5) is 0.0823. The molecule has 2 saturated carbocycles. The molecule has 2 bridgehead atoms. The summed E-state index contributed by atoms with van der Waals surface area (Å²) in [7, 11) is 0. The normalized spacial score (nSPS) is 54.0. The van der Waals surface area contributed by atoms with E-state index in [-0.39, 0.29) is 11.0 Å². The molecule has 1 nitrogen and oxygen atoms in total. The van der Waals surface area contributed by atoms with E-state index in [2.05, 4.69) is 20.8 Å². The van der Waals surface area contributed by atoms with Crippen LogP contribution in [0.25, 0.3) is 0 Å². The maximum absolute atomic E-state index is 6.36. The second kappa shape index (κ2) is 3.33. The zero-order valence-corrected chi connectivity index (χ0v) is 12.0. The van der Waals surface area contributed by atoms with Gasteiger partial charge in [0.05, 0.1) is 6.10 Å². The summed E-state index contributed by atoms with van der Waals surface area (Å²) in [6.07, 6.45) is 4.24. The molecule has 1 heterocycles. The van der Waals surface area contributed by atoms with Gasteiger partial charge in [-0.25, -0.2) is 0 Å². The standard InChI is InChI=1S/C13H21ClOS/c1-11(2)9-4-5-12(11,3)13(6-9)15-10(7-14)8-16-13/h9-10H,4-8H2,1-3H3. The van der Waals surface area contributed by atoms with Crippen molar-refractivity contribution in [3.05, 3.63) is 0 Å². The number of alkyl halides is 1. The van der Waals surface area contributed by atoms with Crippen molar-refractivity contribution < 1.29 is 4.74 Å². The van der Waals surface area contributed by atoms with Crippen LogP contribution in [-0.2, 0) is 4.74 Å². The number of halogens is 1. The van der Waals surface area contributed by atoms with Crippen LogP contribution in [0.15, 0.2) is 0 Å². The molecule has 0 aromatic rings. The van der Waals surface area contributed by atoms with Gasteiger partial charge in [-0.2, -0.15) is 0 Å². The topological polar surface area (TPSA) is 9.23 Å². The van der Waals surface area contributed by atoms with Gasteiger partial charge in [-0.15, -0.1) is 23.4 Å². The van der Waals surface area contributed by atoms with Crippen LogP contribution in [-0.4, -0.2) is 22.7 Å². The summed E-state index contributed by atoms with van der Waals surface area (Å²) in [5.41, 5.74) is 0.775. The molecule has 0 amide bonds. The summed E-state index contributed by atoms with van der Waals surface area (Å²) in [5, 5.41) is 0. The number of fused-ring (bicyclic) bond motifs is 3. The van der Waals surface area contributed by atoms with Crippen LogP contribution in [0.5, 0.6) is 0 Å². The highest BCUT2D eigenvalue weighted by Gasteiger charge is 2.71. The summed E-state index contributed by atoms with van der Waals surface area (Å²) < 4.78 is 6.36. The van der Waals surface area contributed by atoms with Crippen molar-refractivity contribution in [3.63, 3.8) is 0 Å². The van der Waals surface area contributed by atoms with Crippen molar-refractivity contribution in [1.82, 2.24) is 0 Å². The van der Waals surface area contributed by atoms with E-state index in [1.165, 1.54) is 19.3 Å². The summed E-state index contributed by atoms with van der Waals surface area (Å²) >= 11 is 7.99. The van der Waals surface area contributed by atoms with Crippen LogP contribution in [0.2, 0.25) is 0 Å².